The molecular weight excluding hydrogens is 246 g/mol. The predicted octanol–water partition coefficient (Wildman–Crippen LogP) is 3.70. The van der Waals surface area contributed by atoms with Gasteiger partial charge in [0.2, 0.25) is 0 Å². The number of nitrogens with zero attached hydrogens (tertiary/aromatic N) is 1. The number of hydrogen-bond acceptors (Lipinski definition) is 1. The second kappa shape index (κ2) is 5.54. The van der Waals surface area contributed by atoms with Gasteiger partial charge in [-0.3, -0.25) is 0 Å². The summed E-state index contributed by atoms with van der Waals surface area (Å²) >= 11 is 0. The van der Waals surface area contributed by atoms with Gasteiger partial charge in [-0.05, 0) is 36.4 Å². The van der Waals surface area contributed by atoms with Crippen molar-refractivity contribution in [2.75, 3.05) is 7.11 Å². The van der Waals surface area contributed by atoms with Crippen molar-refractivity contribution in [3.8, 4) is 17.6 Å². The van der Waals surface area contributed by atoms with Crippen molar-refractivity contribution < 1.29 is 4.74 Å². The molecule has 2 nitrogen and oxygen atoms in total. The van der Waals surface area contributed by atoms with Crippen LogP contribution >= 0.6 is 0 Å². The van der Waals surface area contributed by atoms with E-state index < -0.39 is 0 Å². The van der Waals surface area contributed by atoms with Crippen LogP contribution in [0.25, 0.3) is 10.9 Å². The van der Waals surface area contributed by atoms with Gasteiger partial charge in [-0.15, -0.1) is 0 Å². The lowest BCUT2D eigenvalue weighted by Gasteiger charge is -2.02. The van der Waals surface area contributed by atoms with E-state index in [-0.39, 0.29) is 0 Å². The summed E-state index contributed by atoms with van der Waals surface area (Å²) in [5.74, 6) is 7.26. The first-order chi connectivity index (χ1) is 9.86. The largest absolute Gasteiger partial charge is 0.497 e. The Bertz CT molecular complexity index is 775. The van der Waals surface area contributed by atoms with Gasteiger partial charge in [-0.25, -0.2) is 0 Å². The molecule has 1 heterocycles. The van der Waals surface area contributed by atoms with Gasteiger partial charge in [0.1, 0.15) is 5.75 Å². The molecule has 3 aromatic rings. The molecule has 3 rings (SSSR count). The van der Waals surface area contributed by atoms with Gasteiger partial charge in [-0.1, -0.05) is 30.0 Å². The molecule has 0 amide bonds. The number of rotatable bonds is 2. The minimum Gasteiger partial charge on any atom is -0.497 e. The lowest BCUT2D eigenvalue weighted by atomic mass is 10.2. The molecule has 20 heavy (non-hydrogen) atoms. The number of aromatic nitrogens is 1. The summed E-state index contributed by atoms with van der Waals surface area (Å²) in [4.78, 5) is 0. The molecule has 2 heteroatoms. The van der Waals surface area contributed by atoms with E-state index in [1.807, 2.05) is 42.5 Å². The Morgan fingerprint density at radius 2 is 1.90 bits per heavy atom. The fraction of sp³-hybridized carbons (Fsp3) is 0.111. The van der Waals surface area contributed by atoms with Crippen LogP contribution in [0.3, 0.4) is 0 Å². The SMILES string of the molecule is COc1ccc2c(ccn2CC#Cc2ccccc2)c1. The molecule has 0 saturated carbocycles. The van der Waals surface area contributed by atoms with Crippen molar-refractivity contribution in [1.82, 2.24) is 4.57 Å². The molecule has 0 saturated heterocycles. The van der Waals surface area contributed by atoms with Crippen molar-refractivity contribution in [3.05, 3.63) is 66.4 Å². The van der Waals surface area contributed by atoms with E-state index in [2.05, 4.69) is 34.7 Å². The third-order valence-electron chi connectivity index (χ3n) is 3.23. The molecule has 0 unspecified atom stereocenters. The average Bonchev–Trinajstić information content (AvgIpc) is 2.91. The summed E-state index contributed by atoms with van der Waals surface area (Å²) < 4.78 is 7.38. The fourth-order valence-corrected chi connectivity index (χ4v) is 2.19. The number of hydrogen-bond donors (Lipinski definition) is 0. The highest BCUT2D eigenvalue weighted by molar-refractivity contribution is 5.81. The standard InChI is InChI=1S/C18H15NO/c1-20-17-9-10-18-16(14-17)11-13-19(18)12-5-8-15-6-3-2-4-7-15/h2-4,6-7,9-11,13-14H,12H2,1H3. The zero-order valence-corrected chi connectivity index (χ0v) is 11.3. The molecule has 0 fully saturated rings. The van der Waals surface area contributed by atoms with Gasteiger partial charge in [-0.2, -0.15) is 0 Å². The van der Waals surface area contributed by atoms with E-state index >= 15 is 0 Å². The molecule has 98 valence electrons. The zero-order chi connectivity index (χ0) is 13.8. The molecule has 0 atom stereocenters. The summed E-state index contributed by atoms with van der Waals surface area (Å²) in [5.41, 5.74) is 2.22. The Morgan fingerprint density at radius 1 is 1.05 bits per heavy atom. The van der Waals surface area contributed by atoms with Crippen LogP contribution in [0, 0.1) is 11.8 Å². The van der Waals surface area contributed by atoms with Crippen LogP contribution < -0.4 is 4.74 Å². The normalized spacial score (nSPS) is 10.1. The minimum absolute atomic E-state index is 0.685. The molecule has 0 N–H and O–H groups in total. The van der Waals surface area contributed by atoms with Crippen LogP contribution in [0.15, 0.2) is 60.8 Å². The predicted molar refractivity (Wildman–Crippen MR) is 81.8 cm³/mol. The molecule has 0 radical (unpaired) electrons. The van der Waals surface area contributed by atoms with E-state index in [0.717, 1.165) is 11.3 Å². The Kier molecular flexibility index (Phi) is 3.43. The topological polar surface area (TPSA) is 14.2 Å². The van der Waals surface area contributed by atoms with Crippen molar-refractivity contribution in [1.29, 1.82) is 0 Å². The average molecular weight is 261 g/mol. The Morgan fingerprint density at radius 3 is 2.70 bits per heavy atom. The summed E-state index contributed by atoms with van der Waals surface area (Å²) in [7, 11) is 1.68. The number of methoxy groups -OCH3 is 1. The maximum Gasteiger partial charge on any atom is 0.119 e. The number of benzene rings is 2. The summed E-state index contributed by atoms with van der Waals surface area (Å²) in [6.45, 7) is 0.685. The van der Waals surface area contributed by atoms with Crippen molar-refractivity contribution in [3.63, 3.8) is 0 Å². The first-order valence-electron chi connectivity index (χ1n) is 6.53. The van der Waals surface area contributed by atoms with Gasteiger partial charge in [0, 0.05) is 22.7 Å². The van der Waals surface area contributed by atoms with Crippen molar-refractivity contribution >= 4 is 10.9 Å². The van der Waals surface area contributed by atoms with E-state index in [1.54, 1.807) is 7.11 Å². The van der Waals surface area contributed by atoms with Crippen LogP contribution in [0.1, 0.15) is 5.56 Å². The second-order valence-electron chi connectivity index (χ2n) is 4.54. The van der Waals surface area contributed by atoms with E-state index in [4.69, 9.17) is 4.74 Å². The molecular formula is C18H15NO. The monoisotopic (exact) mass is 261 g/mol. The van der Waals surface area contributed by atoms with Crippen LogP contribution in [-0.4, -0.2) is 11.7 Å². The molecule has 0 aliphatic carbocycles. The minimum atomic E-state index is 0.685. The highest BCUT2D eigenvalue weighted by atomic mass is 16.5. The van der Waals surface area contributed by atoms with Crippen LogP contribution in [0.4, 0.5) is 0 Å². The number of fused-ring (bicyclic) bond motifs is 1. The van der Waals surface area contributed by atoms with Crippen LogP contribution in [-0.2, 0) is 6.54 Å². The summed E-state index contributed by atoms with van der Waals surface area (Å²) in [6.07, 6.45) is 2.06. The van der Waals surface area contributed by atoms with Crippen LogP contribution in [0.2, 0.25) is 0 Å². The molecule has 0 spiro atoms. The van der Waals surface area contributed by atoms with Gasteiger partial charge in [0.15, 0.2) is 0 Å². The van der Waals surface area contributed by atoms with Gasteiger partial charge >= 0.3 is 0 Å². The zero-order valence-electron chi connectivity index (χ0n) is 11.3. The van der Waals surface area contributed by atoms with E-state index in [9.17, 15) is 0 Å². The highest BCUT2D eigenvalue weighted by Gasteiger charge is 2.00. The van der Waals surface area contributed by atoms with E-state index in [1.165, 1.54) is 10.9 Å². The second-order valence-corrected chi connectivity index (χ2v) is 4.54. The number of ether oxygens (including phenoxy) is 1. The third kappa shape index (κ3) is 2.53. The van der Waals surface area contributed by atoms with Gasteiger partial charge in [0.25, 0.3) is 0 Å². The molecule has 1 aromatic heterocycles. The van der Waals surface area contributed by atoms with Gasteiger partial charge < -0.3 is 9.30 Å². The molecule has 0 aliphatic rings. The Balaban J connectivity index is 1.84. The highest BCUT2D eigenvalue weighted by Crippen LogP contribution is 2.21. The smallest absolute Gasteiger partial charge is 0.119 e. The summed E-state index contributed by atoms with van der Waals surface area (Å²) in [6, 6.07) is 18.2. The van der Waals surface area contributed by atoms with Crippen molar-refractivity contribution in [2.45, 2.75) is 6.54 Å². The molecule has 2 aromatic carbocycles. The fourth-order valence-electron chi connectivity index (χ4n) is 2.19. The Labute approximate surface area is 118 Å². The van der Waals surface area contributed by atoms with E-state index in [0.29, 0.717) is 6.54 Å². The summed E-state index contributed by atoms with van der Waals surface area (Å²) in [5, 5.41) is 1.17. The maximum absolute atomic E-state index is 5.23. The lowest BCUT2D eigenvalue weighted by Crippen LogP contribution is -1.93. The van der Waals surface area contributed by atoms with Crippen LogP contribution in [0.5, 0.6) is 5.75 Å². The molecule has 0 bridgehead atoms. The lowest BCUT2D eigenvalue weighted by molar-refractivity contribution is 0.415. The molecule has 0 aliphatic heterocycles. The first-order valence-corrected chi connectivity index (χ1v) is 6.53. The van der Waals surface area contributed by atoms with Crippen molar-refractivity contribution in [2.24, 2.45) is 0 Å². The third-order valence-corrected chi connectivity index (χ3v) is 3.23. The first kappa shape index (κ1) is 12.4. The Hall–Kier alpha value is -2.66. The maximum atomic E-state index is 5.23. The van der Waals surface area contributed by atoms with Gasteiger partial charge in [0.05, 0.1) is 13.7 Å². The quantitative estimate of drug-likeness (QED) is 0.642.